The van der Waals surface area contributed by atoms with Crippen LogP contribution in [0.3, 0.4) is 0 Å². The fourth-order valence-electron chi connectivity index (χ4n) is 0. The Kier molecular flexibility index (Phi) is 992. The summed E-state index contributed by atoms with van der Waals surface area (Å²) in [5.41, 5.74) is 0. The van der Waals surface area contributed by atoms with E-state index in [9.17, 15) is 0 Å². The fraction of sp³-hybridized carbons (Fsp3) is 0.333. The van der Waals surface area contributed by atoms with Crippen molar-refractivity contribution in [3.05, 3.63) is 6.92 Å². The van der Waals surface area contributed by atoms with Gasteiger partial charge in [0.05, 0.1) is 0 Å². The third-order valence-electron chi connectivity index (χ3n) is 0. The van der Waals surface area contributed by atoms with Crippen molar-refractivity contribution in [2.24, 2.45) is 0 Å². The molecular weight excluding hydrogens is 76.3 g/mol. The van der Waals surface area contributed by atoms with Gasteiger partial charge in [0.25, 0.3) is 0 Å². The molecule has 0 unspecified atom stereocenters. The third-order valence-corrected chi connectivity index (χ3v) is 0. The smallest absolute Gasteiger partial charge is 0.545 e. The van der Waals surface area contributed by atoms with E-state index in [4.69, 9.17) is 4.79 Å². The normalized spacial score (nSPS) is 2.00. The van der Waals surface area contributed by atoms with E-state index in [1.807, 2.05) is 0 Å². The summed E-state index contributed by atoms with van der Waals surface area (Å²) in [6.45, 7) is 8.25. The van der Waals surface area contributed by atoms with Gasteiger partial charge in [-0.05, 0) is 0 Å². The van der Waals surface area contributed by atoms with E-state index < -0.39 is 0 Å². The van der Waals surface area contributed by atoms with Crippen LogP contribution < -0.4 is 0 Å². The summed E-state index contributed by atoms with van der Waals surface area (Å²) in [6.07, 6.45) is 0. The Morgan fingerprint density at radius 1 is 1.40 bits per heavy atom. The molecule has 0 N–H and O–H groups in total. The molecule has 0 aromatic carbocycles. The largest absolute Gasteiger partial charge is 2.00 e. The minimum atomic E-state index is 0. The van der Waals surface area contributed by atoms with Crippen LogP contribution in [-0.4, -0.2) is 29.8 Å². The molecule has 0 atom stereocenters. The van der Waals surface area contributed by atoms with Gasteiger partial charge < -0.3 is 11.7 Å². The van der Waals surface area contributed by atoms with Crippen molar-refractivity contribution < 1.29 is 4.79 Å². The van der Waals surface area contributed by atoms with Crippen LogP contribution in [0.1, 0.15) is 6.92 Å². The maximum Gasteiger partial charge on any atom is 2.00 e. The van der Waals surface area contributed by atoms with Crippen molar-refractivity contribution in [2.75, 3.05) is 0 Å². The summed E-state index contributed by atoms with van der Waals surface area (Å²) >= 11 is 0. The van der Waals surface area contributed by atoms with Gasteiger partial charge in [-0.3, -0.25) is 6.79 Å². The second kappa shape index (κ2) is 275. The van der Waals surface area contributed by atoms with Gasteiger partial charge in [-0.15, -0.1) is 0 Å². The Bertz CT molecular complexity index is 6.85. The molecule has 0 rings (SSSR count). The predicted octanol–water partition coefficient (Wildman–Crippen LogP) is 0.185. The van der Waals surface area contributed by atoms with Crippen molar-refractivity contribution in [2.45, 2.75) is 6.92 Å². The van der Waals surface area contributed by atoms with Gasteiger partial charge in [-0.1, -0.05) is 0 Å². The first-order valence-corrected chi connectivity index (χ1v) is 0.943. The molecule has 1 nitrogen and oxygen atoms in total. The van der Waals surface area contributed by atoms with Crippen molar-refractivity contribution in [1.82, 2.24) is 0 Å². The monoisotopic (exact) mass is 82.0 g/mol. The minimum absolute atomic E-state index is 0. The van der Waals surface area contributed by atoms with Gasteiger partial charge >= 0.3 is 23.1 Å². The average Bonchev–Trinajstić information content (AvgIpc) is 1.50. The maximum absolute atomic E-state index is 7.75. The Labute approximate surface area is 48.9 Å². The molecule has 0 aromatic heterocycles. The van der Waals surface area contributed by atoms with Crippen molar-refractivity contribution >= 4 is 29.8 Å². The standard InChI is InChI=1S/C2H5.CHO.Mg/c2*1-2;/h1H2,2H3;1H;/q2*-1;+2. The molecule has 0 aliphatic rings. The van der Waals surface area contributed by atoms with Gasteiger partial charge in [-0.25, -0.2) is 0 Å². The first kappa shape index (κ1) is 18.0. The van der Waals surface area contributed by atoms with Crippen LogP contribution in [0.15, 0.2) is 0 Å². The van der Waals surface area contributed by atoms with Crippen LogP contribution >= 0.6 is 0 Å². The van der Waals surface area contributed by atoms with Crippen LogP contribution in [-0.2, 0) is 4.79 Å². The molecule has 0 aliphatic heterocycles. The van der Waals surface area contributed by atoms with Crippen LogP contribution in [0.25, 0.3) is 0 Å². The molecular formula is C3H6MgO. The molecule has 0 heterocycles. The topological polar surface area (TPSA) is 17.1 Å². The molecule has 0 saturated heterocycles. The summed E-state index contributed by atoms with van der Waals surface area (Å²) in [7, 11) is 0. The summed E-state index contributed by atoms with van der Waals surface area (Å²) in [5, 5.41) is 0. The average molecular weight is 82.4 g/mol. The van der Waals surface area contributed by atoms with E-state index >= 15 is 0 Å². The molecule has 0 spiro atoms. The molecule has 0 amide bonds. The zero-order valence-electron chi connectivity index (χ0n) is 3.40. The molecule has 0 saturated carbocycles. The molecule has 26 valence electrons. The Balaban J connectivity index is -0.0000000133. The zero-order valence-corrected chi connectivity index (χ0v) is 4.81. The number of hydrogen-bond acceptors (Lipinski definition) is 1. The van der Waals surface area contributed by atoms with Crippen molar-refractivity contribution in [1.29, 1.82) is 0 Å². The van der Waals surface area contributed by atoms with E-state index in [0.717, 1.165) is 0 Å². The van der Waals surface area contributed by atoms with E-state index in [1.165, 1.54) is 0 Å². The number of hydrogen-bond donors (Lipinski definition) is 0. The van der Waals surface area contributed by atoms with Crippen molar-refractivity contribution in [3.8, 4) is 0 Å². The predicted molar refractivity (Wildman–Crippen MR) is 23.5 cm³/mol. The second-order valence-electron chi connectivity index (χ2n) is 0. The molecule has 0 radical (unpaired) electrons. The van der Waals surface area contributed by atoms with Gasteiger partial charge in [0.2, 0.25) is 0 Å². The fourth-order valence-corrected chi connectivity index (χ4v) is 0. The van der Waals surface area contributed by atoms with Crippen LogP contribution in [0, 0.1) is 6.92 Å². The SMILES string of the molecule is [CH-]=O.[CH2-]C.[Mg+2]. The summed E-state index contributed by atoms with van der Waals surface area (Å²) < 4.78 is 0. The van der Waals surface area contributed by atoms with Gasteiger partial charge in [0, 0.05) is 0 Å². The zero-order chi connectivity index (χ0) is 4.00. The van der Waals surface area contributed by atoms with Gasteiger partial charge in [-0.2, -0.15) is 6.92 Å². The first-order chi connectivity index (χ1) is 2.00. The quantitative estimate of drug-likeness (QED) is 0.232. The number of rotatable bonds is 0. The second-order valence-corrected chi connectivity index (χ2v) is 0. The maximum atomic E-state index is 7.75. The van der Waals surface area contributed by atoms with Crippen LogP contribution in [0.5, 0.6) is 0 Å². The first-order valence-electron chi connectivity index (χ1n) is 0.943. The Morgan fingerprint density at radius 2 is 1.40 bits per heavy atom. The van der Waals surface area contributed by atoms with Crippen LogP contribution in [0.4, 0.5) is 0 Å². The van der Waals surface area contributed by atoms with Gasteiger partial charge in [0.15, 0.2) is 0 Å². The Hall–Kier alpha value is 0.436. The van der Waals surface area contributed by atoms with E-state index in [1.54, 1.807) is 6.92 Å². The number of carbonyl (C=O) groups excluding carboxylic acids is 1. The summed E-state index contributed by atoms with van der Waals surface area (Å²) in [6, 6.07) is 0. The molecule has 0 fully saturated rings. The van der Waals surface area contributed by atoms with E-state index in [-0.39, 0.29) is 23.1 Å². The molecule has 0 bridgehead atoms. The third kappa shape index (κ3) is 138. The minimum Gasteiger partial charge on any atom is -0.545 e. The summed E-state index contributed by atoms with van der Waals surface area (Å²) in [4.78, 5) is 7.75. The van der Waals surface area contributed by atoms with E-state index in [0.29, 0.717) is 0 Å². The molecule has 2 heteroatoms. The molecule has 0 aliphatic carbocycles. The van der Waals surface area contributed by atoms with Gasteiger partial charge in [0.1, 0.15) is 0 Å². The summed E-state index contributed by atoms with van der Waals surface area (Å²) in [5.74, 6) is 0. The Morgan fingerprint density at radius 3 is 1.40 bits per heavy atom. The molecule has 0 aromatic rings. The van der Waals surface area contributed by atoms with E-state index in [2.05, 4.69) is 13.7 Å². The molecule has 5 heavy (non-hydrogen) atoms. The van der Waals surface area contributed by atoms with Crippen molar-refractivity contribution in [3.63, 3.8) is 0 Å². The van der Waals surface area contributed by atoms with Crippen LogP contribution in [0.2, 0.25) is 0 Å².